The Balaban J connectivity index is 1.43. The van der Waals surface area contributed by atoms with Gasteiger partial charge in [-0.3, -0.25) is 4.72 Å². The third-order valence-corrected chi connectivity index (χ3v) is 7.74. The van der Waals surface area contributed by atoms with Crippen LogP contribution in [0.2, 0.25) is 0 Å². The van der Waals surface area contributed by atoms with Crippen LogP contribution in [0.15, 0.2) is 42.6 Å². The van der Waals surface area contributed by atoms with Crippen molar-refractivity contribution in [2.24, 2.45) is 5.92 Å². The van der Waals surface area contributed by atoms with E-state index in [1.807, 2.05) is 0 Å². The summed E-state index contributed by atoms with van der Waals surface area (Å²) in [7, 11) is -3.59. The molecule has 0 unspecified atom stereocenters. The first-order valence-corrected chi connectivity index (χ1v) is 14.6. The van der Waals surface area contributed by atoms with Crippen LogP contribution in [0.5, 0.6) is 0 Å². The van der Waals surface area contributed by atoms with Gasteiger partial charge in [-0.1, -0.05) is 11.3 Å². The highest BCUT2D eigenvalue weighted by Crippen LogP contribution is 2.38. The van der Waals surface area contributed by atoms with Crippen LogP contribution in [0.25, 0.3) is 17.1 Å². The van der Waals surface area contributed by atoms with Crippen LogP contribution in [-0.2, 0) is 10.0 Å². The molecular formula is C25H28F5N7O2S. The van der Waals surface area contributed by atoms with Crippen molar-refractivity contribution in [1.82, 2.24) is 20.0 Å². The molecule has 0 aliphatic carbocycles. The lowest BCUT2D eigenvalue weighted by atomic mass is 9.95. The first-order valence-electron chi connectivity index (χ1n) is 12.7. The summed E-state index contributed by atoms with van der Waals surface area (Å²) in [6.07, 6.45) is -2.32. The maximum Gasteiger partial charge on any atom is 0.391 e. The lowest BCUT2D eigenvalue weighted by molar-refractivity contribution is -0.179. The Morgan fingerprint density at radius 3 is 2.30 bits per heavy atom. The number of nitrogens with zero attached hydrogens (tertiary/aromatic N) is 6. The molecule has 3 aromatic rings. The van der Waals surface area contributed by atoms with Gasteiger partial charge in [-0.05, 0) is 43.2 Å². The summed E-state index contributed by atoms with van der Waals surface area (Å²) in [5, 5.41) is 8.42. The number of benzene rings is 1. The summed E-state index contributed by atoms with van der Waals surface area (Å²) in [6, 6.07) is 9.94. The molecule has 0 spiro atoms. The Kier molecular flexibility index (Phi) is 7.35. The standard InChI is InChI=1S/C25H28F5N7O2S/c1-40(38,39)33-18-5-6-21(22(15-18)35-11-7-17(8-12-35)25(28,29)30)37-16-20(32-34-37)19-3-2-4-23(31-19)36-13-9-24(26,27)10-14-36/h2-6,15-17,33H,7-14H2,1H3. The highest BCUT2D eigenvalue weighted by atomic mass is 32.2. The number of aromatic nitrogens is 4. The second-order valence-electron chi connectivity index (χ2n) is 10.2. The summed E-state index contributed by atoms with van der Waals surface area (Å²) in [4.78, 5) is 8.16. The van der Waals surface area contributed by atoms with Gasteiger partial charge in [0.05, 0.1) is 41.1 Å². The fourth-order valence-corrected chi connectivity index (χ4v) is 5.55. The smallest absolute Gasteiger partial charge is 0.370 e. The van der Waals surface area contributed by atoms with Crippen LogP contribution in [0.4, 0.5) is 39.1 Å². The predicted molar refractivity (Wildman–Crippen MR) is 140 cm³/mol. The maximum atomic E-state index is 13.6. The normalized spacial score (nSPS) is 18.6. The summed E-state index contributed by atoms with van der Waals surface area (Å²) in [6.45, 7) is 0.607. The van der Waals surface area contributed by atoms with Crippen LogP contribution in [-0.4, -0.2) is 72.9 Å². The van der Waals surface area contributed by atoms with Gasteiger partial charge >= 0.3 is 6.18 Å². The number of rotatable bonds is 6. The molecule has 0 radical (unpaired) electrons. The second kappa shape index (κ2) is 10.5. The lowest BCUT2D eigenvalue weighted by Crippen LogP contribution is -2.39. The molecule has 2 aliphatic rings. The first-order chi connectivity index (χ1) is 18.8. The quantitative estimate of drug-likeness (QED) is 0.419. The molecule has 15 heteroatoms. The Morgan fingerprint density at radius 2 is 1.65 bits per heavy atom. The average molecular weight is 586 g/mol. The van der Waals surface area contributed by atoms with Gasteiger partial charge < -0.3 is 9.80 Å². The molecule has 4 heterocycles. The van der Waals surface area contributed by atoms with E-state index in [1.54, 1.807) is 46.3 Å². The van der Waals surface area contributed by atoms with E-state index in [9.17, 15) is 30.4 Å². The Labute approximate surface area is 228 Å². The largest absolute Gasteiger partial charge is 0.391 e. The third kappa shape index (κ3) is 6.45. The van der Waals surface area contributed by atoms with Crippen LogP contribution in [0.1, 0.15) is 25.7 Å². The molecule has 1 N–H and O–H groups in total. The Hall–Kier alpha value is -3.49. The lowest BCUT2D eigenvalue weighted by Gasteiger charge is -2.35. The molecule has 216 valence electrons. The van der Waals surface area contributed by atoms with Crippen molar-refractivity contribution in [3.05, 3.63) is 42.6 Å². The number of halogens is 5. The molecule has 9 nitrogen and oxygen atoms in total. The molecule has 0 atom stereocenters. The van der Waals surface area contributed by atoms with Crippen molar-refractivity contribution in [1.29, 1.82) is 0 Å². The molecule has 40 heavy (non-hydrogen) atoms. The molecule has 2 fully saturated rings. The Morgan fingerprint density at radius 1 is 0.950 bits per heavy atom. The summed E-state index contributed by atoms with van der Waals surface area (Å²) >= 11 is 0. The molecule has 0 saturated carbocycles. The number of nitrogens with one attached hydrogen (secondary N) is 1. The zero-order valence-corrected chi connectivity index (χ0v) is 22.4. The minimum Gasteiger partial charge on any atom is -0.370 e. The summed E-state index contributed by atoms with van der Waals surface area (Å²) in [5.41, 5.74) is 2.15. The van der Waals surface area contributed by atoms with E-state index in [1.165, 1.54) is 10.7 Å². The van der Waals surface area contributed by atoms with E-state index < -0.39 is 28.0 Å². The van der Waals surface area contributed by atoms with E-state index in [-0.39, 0.29) is 57.5 Å². The van der Waals surface area contributed by atoms with Crippen LogP contribution in [0, 0.1) is 5.92 Å². The number of anilines is 3. The molecule has 0 bridgehead atoms. The zero-order chi connectivity index (χ0) is 28.7. The number of sulfonamides is 1. The van der Waals surface area contributed by atoms with Crippen LogP contribution in [0.3, 0.4) is 0 Å². The fraction of sp³-hybridized carbons (Fsp3) is 0.480. The first kappa shape index (κ1) is 28.1. The van der Waals surface area contributed by atoms with Crippen LogP contribution >= 0.6 is 0 Å². The topological polar surface area (TPSA) is 96.2 Å². The number of hydrogen-bond acceptors (Lipinski definition) is 7. The highest BCUT2D eigenvalue weighted by molar-refractivity contribution is 7.92. The minimum atomic E-state index is -4.27. The van der Waals surface area contributed by atoms with Gasteiger partial charge in [-0.2, -0.15) is 13.2 Å². The molecule has 2 aliphatic heterocycles. The van der Waals surface area contributed by atoms with Crippen molar-refractivity contribution >= 4 is 27.2 Å². The number of alkyl halides is 5. The summed E-state index contributed by atoms with van der Waals surface area (Å²) in [5.74, 6) is -3.53. The van der Waals surface area contributed by atoms with E-state index in [0.717, 1.165) is 6.26 Å². The number of piperidine rings is 2. The number of pyridine rings is 1. The molecule has 1 aromatic carbocycles. The predicted octanol–water partition coefficient (Wildman–Crippen LogP) is 4.72. The molecule has 2 aromatic heterocycles. The van der Waals surface area contributed by atoms with Crippen molar-refractivity contribution in [2.75, 3.05) is 47.0 Å². The molecule has 0 amide bonds. The monoisotopic (exact) mass is 585 g/mol. The minimum absolute atomic E-state index is 0.0889. The fourth-order valence-electron chi connectivity index (χ4n) is 5.00. The van der Waals surface area contributed by atoms with Crippen molar-refractivity contribution < 1.29 is 30.4 Å². The SMILES string of the molecule is CS(=O)(=O)Nc1ccc(-n2cc(-c3cccc(N4CCC(F)(F)CC4)n3)nn2)c(N2CCC(C(F)(F)F)CC2)c1. The van der Waals surface area contributed by atoms with Crippen LogP contribution < -0.4 is 14.5 Å². The number of hydrogen-bond donors (Lipinski definition) is 1. The van der Waals surface area contributed by atoms with Gasteiger partial charge in [-0.25, -0.2) is 26.9 Å². The van der Waals surface area contributed by atoms with Gasteiger partial charge in [0, 0.05) is 39.0 Å². The second-order valence-corrected chi connectivity index (χ2v) is 11.9. The van der Waals surface area contributed by atoms with Crippen molar-refractivity contribution in [2.45, 2.75) is 37.8 Å². The molecule has 5 rings (SSSR count). The average Bonchev–Trinajstić information content (AvgIpc) is 3.38. The van der Waals surface area contributed by atoms with E-state index in [4.69, 9.17) is 0 Å². The van der Waals surface area contributed by atoms with Crippen molar-refractivity contribution in [3.8, 4) is 17.1 Å². The van der Waals surface area contributed by atoms with Crippen molar-refractivity contribution in [3.63, 3.8) is 0 Å². The molecular weight excluding hydrogens is 557 g/mol. The van der Waals surface area contributed by atoms with Gasteiger partial charge in [0.2, 0.25) is 10.0 Å². The zero-order valence-electron chi connectivity index (χ0n) is 21.6. The molecule has 2 saturated heterocycles. The van der Waals surface area contributed by atoms with E-state index in [0.29, 0.717) is 28.6 Å². The maximum absolute atomic E-state index is 13.6. The summed E-state index contributed by atoms with van der Waals surface area (Å²) < 4.78 is 94.4. The third-order valence-electron chi connectivity index (χ3n) is 7.13. The van der Waals surface area contributed by atoms with Gasteiger partial charge in [-0.15, -0.1) is 5.10 Å². The Bertz CT molecular complexity index is 1460. The van der Waals surface area contributed by atoms with Gasteiger partial charge in [0.25, 0.3) is 5.92 Å². The van der Waals surface area contributed by atoms with Gasteiger partial charge in [0.15, 0.2) is 0 Å². The highest BCUT2D eigenvalue weighted by Gasteiger charge is 2.41. The van der Waals surface area contributed by atoms with E-state index in [2.05, 4.69) is 20.0 Å². The van der Waals surface area contributed by atoms with Gasteiger partial charge in [0.1, 0.15) is 11.5 Å². The van der Waals surface area contributed by atoms with E-state index >= 15 is 0 Å².